The number of aryl methyl sites for hydroxylation is 2. The first-order valence-electron chi connectivity index (χ1n) is 7.20. The Morgan fingerprint density at radius 3 is 2.81 bits per heavy atom. The molecule has 0 spiro atoms. The zero-order valence-corrected chi connectivity index (χ0v) is 11.6. The highest BCUT2D eigenvalue weighted by atomic mass is 15.2. The summed E-state index contributed by atoms with van der Waals surface area (Å²) in [5.41, 5.74) is 12.7. The van der Waals surface area contributed by atoms with Crippen molar-refractivity contribution in [2.75, 3.05) is 5.73 Å². The molecule has 4 rings (SSSR count). The third-order valence-electron chi connectivity index (χ3n) is 4.10. The zero-order chi connectivity index (χ0) is 14.2. The highest BCUT2D eigenvalue weighted by Crippen LogP contribution is 2.35. The Balaban J connectivity index is 1.87. The Kier molecular flexibility index (Phi) is 2.74. The molecule has 3 N–H and O–H groups in total. The van der Waals surface area contributed by atoms with Gasteiger partial charge in [-0.25, -0.2) is 0 Å². The van der Waals surface area contributed by atoms with E-state index < -0.39 is 0 Å². The first-order valence-corrected chi connectivity index (χ1v) is 7.20. The van der Waals surface area contributed by atoms with Crippen LogP contribution in [0.3, 0.4) is 0 Å². The van der Waals surface area contributed by atoms with Crippen LogP contribution in [0.15, 0.2) is 42.6 Å². The number of fused-ring (bicyclic) bond motifs is 1. The second kappa shape index (κ2) is 4.74. The fraction of sp³-hybridized carbons (Fsp3) is 0.176. The van der Waals surface area contributed by atoms with Crippen molar-refractivity contribution in [3.63, 3.8) is 0 Å². The summed E-state index contributed by atoms with van der Waals surface area (Å²) in [5, 5.41) is 7.24. The van der Waals surface area contributed by atoms with Crippen LogP contribution < -0.4 is 5.73 Å². The van der Waals surface area contributed by atoms with Crippen LogP contribution in [0.2, 0.25) is 0 Å². The number of benzene rings is 1. The highest BCUT2D eigenvalue weighted by Gasteiger charge is 2.18. The van der Waals surface area contributed by atoms with Gasteiger partial charge in [-0.2, -0.15) is 5.10 Å². The molecule has 104 valence electrons. The smallest absolute Gasteiger partial charge is 0.155 e. The summed E-state index contributed by atoms with van der Waals surface area (Å²) in [5.74, 6) is 0.490. The molecule has 0 atom stereocenters. The lowest BCUT2D eigenvalue weighted by atomic mass is 10.0. The van der Waals surface area contributed by atoms with Gasteiger partial charge in [-0.3, -0.25) is 10.1 Å². The summed E-state index contributed by atoms with van der Waals surface area (Å²) < 4.78 is 0. The Hall–Kier alpha value is -2.62. The van der Waals surface area contributed by atoms with Gasteiger partial charge in [-0.1, -0.05) is 18.2 Å². The van der Waals surface area contributed by atoms with Crippen molar-refractivity contribution in [1.82, 2.24) is 15.2 Å². The van der Waals surface area contributed by atoms with E-state index in [4.69, 9.17) is 5.73 Å². The second-order valence-electron chi connectivity index (χ2n) is 5.41. The molecular weight excluding hydrogens is 260 g/mol. The number of aromatic nitrogens is 3. The second-order valence-corrected chi connectivity index (χ2v) is 5.41. The van der Waals surface area contributed by atoms with E-state index in [-0.39, 0.29) is 0 Å². The van der Waals surface area contributed by atoms with E-state index in [1.165, 1.54) is 24.0 Å². The maximum atomic E-state index is 6.04. The molecule has 1 aromatic carbocycles. The van der Waals surface area contributed by atoms with Crippen molar-refractivity contribution in [1.29, 1.82) is 0 Å². The number of hydrogen-bond donors (Lipinski definition) is 2. The van der Waals surface area contributed by atoms with Crippen molar-refractivity contribution in [3.05, 3.63) is 53.7 Å². The quantitative estimate of drug-likeness (QED) is 0.755. The van der Waals surface area contributed by atoms with Gasteiger partial charge in [0.15, 0.2) is 5.82 Å². The van der Waals surface area contributed by atoms with E-state index in [0.29, 0.717) is 5.82 Å². The van der Waals surface area contributed by atoms with E-state index in [1.807, 2.05) is 18.2 Å². The monoisotopic (exact) mass is 276 g/mol. The van der Waals surface area contributed by atoms with Crippen LogP contribution >= 0.6 is 0 Å². The Labute approximate surface area is 123 Å². The van der Waals surface area contributed by atoms with Gasteiger partial charge in [0.25, 0.3) is 0 Å². The minimum Gasteiger partial charge on any atom is -0.382 e. The number of nitrogens with two attached hydrogens (primary N) is 1. The van der Waals surface area contributed by atoms with Crippen molar-refractivity contribution in [3.8, 4) is 22.5 Å². The number of nitrogens with zero attached hydrogens (tertiary/aromatic N) is 2. The number of rotatable bonds is 2. The third kappa shape index (κ3) is 2.00. The molecule has 0 unspecified atom stereocenters. The Morgan fingerprint density at radius 2 is 1.95 bits per heavy atom. The highest BCUT2D eigenvalue weighted by molar-refractivity contribution is 5.86. The van der Waals surface area contributed by atoms with Gasteiger partial charge in [0.05, 0.1) is 17.0 Å². The lowest BCUT2D eigenvalue weighted by molar-refractivity contribution is 0.912. The number of H-pyrrole nitrogens is 1. The molecule has 4 heteroatoms. The molecule has 21 heavy (non-hydrogen) atoms. The van der Waals surface area contributed by atoms with Gasteiger partial charge in [-0.05, 0) is 48.6 Å². The van der Waals surface area contributed by atoms with E-state index in [9.17, 15) is 0 Å². The van der Waals surface area contributed by atoms with Crippen LogP contribution in [0.4, 0.5) is 5.82 Å². The molecule has 1 aliphatic rings. The molecule has 0 aliphatic heterocycles. The molecular formula is C17H16N4. The van der Waals surface area contributed by atoms with Gasteiger partial charge in [-0.15, -0.1) is 0 Å². The minimum atomic E-state index is 0.490. The summed E-state index contributed by atoms with van der Waals surface area (Å²) in [6.07, 6.45) is 5.37. The summed E-state index contributed by atoms with van der Waals surface area (Å²) in [4.78, 5) is 4.40. The van der Waals surface area contributed by atoms with Crippen LogP contribution in [0.25, 0.3) is 22.5 Å². The molecule has 2 aromatic heterocycles. The van der Waals surface area contributed by atoms with Gasteiger partial charge >= 0.3 is 0 Å². The minimum absolute atomic E-state index is 0.490. The zero-order valence-electron chi connectivity index (χ0n) is 11.6. The number of hydrogen-bond acceptors (Lipinski definition) is 3. The van der Waals surface area contributed by atoms with Gasteiger partial charge in [0, 0.05) is 11.8 Å². The lowest BCUT2D eigenvalue weighted by Crippen LogP contribution is -1.91. The number of nitrogens with one attached hydrogen (secondary N) is 1. The molecule has 3 aromatic rings. The fourth-order valence-corrected chi connectivity index (χ4v) is 3.06. The van der Waals surface area contributed by atoms with Crippen LogP contribution in [0, 0.1) is 0 Å². The predicted octanol–water partition coefficient (Wildman–Crippen LogP) is 3.21. The number of pyridine rings is 1. The maximum Gasteiger partial charge on any atom is 0.155 e. The van der Waals surface area contributed by atoms with Crippen molar-refractivity contribution >= 4 is 5.82 Å². The first kappa shape index (κ1) is 12.1. The number of aromatic amines is 1. The van der Waals surface area contributed by atoms with Crippen LogP contribution in [-0.4, -0.2) is 15.2 Å². The average molecular weight is 276 g/mol. The van der Waals surface area contributed by atoms with E-state index >= 15 is 0 Å². The van der Waals surface area contributed by atoms with Crippen molar-refractivity contribution < 1.29 is 0 Å². The van der Waals surface area contributed by atoms with Gasteiger partial charge < -0.3 is 5.73 Å². The van der Waals surface area contributed by atoms with E-state index in [2.05, 4.69) is 33.4 Å². The summed E-state index contributed by atoms with van der Waals surface area (Å²) in [7, 11) is 0. The Morgan fingerprint density at radius 1 is 1.05 bits per heavy atom. The average Bonchev–Trinajstić information content (AvgIpc) is 3.13. The maximum absolute atomic E-state index is 6.04. The summed E-state index contributed by atoms with van der Waals surface area (Å²) in [6.45, 7) is 0. The topological polar surface area (TPSA) is 67.6 Å². The summed E-state index contributed by atoms with van der Waals surface area (Å²) in [6, 6.07) is 12.4. The van der Waals surface area contributed by atoms with Crippen LogP contribution in [0.5, 0.6) is 0 Å². The fourth-order valence-electron chi connectivity index (χ4n) is 3.06. The predicted molar refractivity (Wildman–Crippen MR) is 83.7 cm³/mol. The molecule has 0 amide bonds. The normalized spacial score (nSPS) is 13.3. The lowest BCUT2D eigenvalue weighted by Gasteiger charge is -2.06. The van der Waals surface area contributed by atoms with Gasteiger partial charge in [0.2, 0.25) is 0 Å². The Bertz CT molecular complexity index is 790. The molecule has 0 saturated carbocycles. The molecule has 0 saturated heterocycles. The molecule has 0 fully saturated rings. The molecule has 0 radical (unpaired) electrons. The largest absolute Gasteiger partial charge is 0.382 e. The first-order chi connectivity index (χ1) is 10.3. The van der Waals surface area contributed by atoms with Gasteiger partial charge in [0.1, 0.15) is 0 Å². The van der Waals surface area contributed by atoms with E-state index in [0.717, 1.165) is 28.9 Å². The molecule has 2 heterocycles. The van der Waals surface area contributed by atoms with Crippen molar-refractivity contribution in [2.45, 2.75) is 19.3 Å². The summed E-state index contributed by atoms with van der Waals surface area (Å²) >= 11 is 0. The molecule has 0 bridgehead atoms. The van der Waals surface area contributed by atoms with Crippen LogP contribution in [-0.2, 0) is 12.8 Å². The SMILES string of the molecule is Nc1n[nH]c(-c2ccc3c(c2)CCC3)c1-c1ccccn1. The number of nitrogen functional groups attached to an aromatic ring is 1. The van der Waals surface area contributed by atoms with E-state index in [1.54, 1.807) is 6.20 Å². The molecule has 4 nitrogen and oxygen atoms in total. The number of anilines is 1. The standard InChI is InChI=1S/C17H16N4/c18-17-15(14-6-1-2-9-19-14)16(20-21-17)13-8-7-11-4-3-5-12(11)10-13/h1-2,6-10H,3-5H2,(H3,18,20,21). The molecule has 1 aliphatic carbocycles. The third-order valence-corrected chi connectivity index (χ3v) is 4.10. The van der Waals surface area contributed by atoms with Crippen LogP contribution in [0.1, 0.15) is 17.5 Å². The van der Waals surface area contributed by atoms with Crippen molar-refractivity contribution in [2.24, 2.45) is 0 Å².